The summed E-state index contributed by atoms with van der Waals surface area (Å²) in [5.74, 6) is -0.462. The number of nitrogens with one attached hydrogen (secondary N) is 1. The van der Waals surface area contributed by atoms with Crippen LogP contribution >= 0.6 is 7.77 Å². The number of esters is 1. The molecule has 4 rings (SSSR count). The molecule has 1 aromatic heterocycles. The van der Waals surface area contributed by atoms with E-state index in [9.17, 15) is 9.69 Å². The van der Waals surface area contributed by atoms with E-state index in [1.54, 1.807) is 6.92 Å². The van der Waals surface area contributed by atoms with E-state index in [0.29, 0.717) is 16.1 Å². The summed E-state index contributed by atoms with van der Waals surface area (Å²) in [6, 6.07) is 25.0. The molecule has 1 heterocycles. The van der Waals surface area contributed by atoms with Gasteiger partial charge in [0.15, 0.2) is 0 Å². The predicted molar refractivity (Wildman–Crippen MR) is 121 cm³/mol. The van der Waals surface area contributed by atoms with Crippen LogP contribution in [-0.2, 0) is 4.74 Å². The average molecular weight is 415 g/mol. The summed E-state index contributed by atoms with van der Waals surface area (Å²) in [5, 5.41) is 2.91. The lowest BCUT2D eigenvalue weighted by Gasteiger charge is -2.13. The van der Waals surface area contributed by atoms with E-state index in [0.717, 1.165) is 27.5 Å². The molecule has 0 aliphatic heterocycles. The summed E-state index contributed by atoms with van der Waals surface area (Å²) >= 11 is 0. The van der Waals surface area contributed by atoms with Gasteiger partial charge in [0.25, 0.3) is 0 Å². The maximum absolute atomic E-state index is 13.5. The highest BCUT2D eigenvalue weighted by Crippen LogP contribution is 2.34. The second kappa shape index (κ2) is 8.66. The van der Waals surface area contributed by atoms with Gasteiger partial charge < -0.3 is 14.6 Å². The van der Waals surface area contributed by atoms with Gasteiger partial charge in [-0.05, 0) is 43.0 Å². The van der Waals surface area contributed by atoms with Crippen LogP contribution in [0, 0.1) is 12.0 Å². The molecule has 0 saturated carbocycles. The molecule has 30 heavy (non-hydrogen) atoms. The number of benzene rings is 3. The van der Waals surface area contributed by atoms with E-state index in [-0.39, 0.29) is 6.61 Å². The summed E-state index contributed by atoms with van der Waals surface area (Å²) in [5.41, 5.74) is 3.06. The van der Waals surface area contributed by atoms with Gasteiger partial charge in [-0.2, -0.15) is 0 Å². The van der Waals surface area contributed by atoms with Gasteiger partial charge >= 0.3 is 5.97 Å². The number of hydrogen-bond donors (Lipinski definition) is 1. The van der Waals surface area contributed by atoms with Crippen molar-refractivity contribution in [2.24, 2.45) is 0 Å². The first-order valence-electron chi connectivity index (χ1n) is 9.84. The van der Waals surface area contributed by atoms with Crippen molar-refractivity contribution in [2.75, 3.05) is 6.61 Å². The van der Waals surface area contributed by atoms with Crippen LogP contribution in [0.25, 0.3) is 21.9 Å². The zero-order chi connectivity index (χ0) is 21.1. The minimum absolute atomic E-state index is 0.257. The van der Waals surface area contributed by atoms with Gasteiger partial charge in [0, 0.05) is 10.9 Å². The summed E-state index contributed by atoms with van der Waals surface area (Å²) in [6.45, 7) is 4.02. The third-order valence-corrected chi connectivity index (χ3v) is 6.48. The molecule has 3 aromatic carbocycles. The molecule has 0 radical (unpaired) electrons. The fraction of sp³-hybridized carbons (Fsp3) is 0.120. The lowest BCUT2D eigenvalue weighted by Crippen LogP contribution is -2.12. The Morgan fingerprint density at radius 3 is 2.23 bits per heavy atom. The summed E-state index contributed by atoms with van der Waals surface area (Å²) in [6.07, 6.45) is 0. The van der Waals surface area contributed by atoms with Crippen molar-refractivity contribution < 1.29 is 14.4 Å². The van der Waals surface area contributed by atoms with Crippen molar-refractivity contribution >= 4 is 29.8 Å². The van der Waals surface area contributed by atoms with Crippen molar-refractivity contribution in [1.29, 1.82) is 0 Å². The number of H-pyrrole nitrogens is 1. The average Bonchev–Trinajstić information content (AvgIpc) is 2.78. The van der Waals surface area contributed by atoms with E-state index in [1.807, 2.05) is 85.8 Å². The lowest BCUT2D eigenvalue weighted by molar-refractivity contribution is -0.151. The molecule has 0 spiro atoms. The fourth-order valence-corrected chi connectivity index (χ4v) is 4.83. The van der Waals surface area contributed by atoms with Crippen LogP contribution < -0.4 is 10.2 Å². The van der Waals surface area contributed by atoms with Crippen LogP contribution in [-0.4, -0.2) is 17.6 Å². The highest BCUT2D eigenvalue weighted by atomic mass is 31.1. The van der Waals surface area contributed by atoms with E-state index < -0.39 is 13.7 Å². The molecule has 0 bridgehead atoms. The number of fused-ring (bicyclic) bond motifs is 1. The van der Waals surface area contributed by atoms with Crippen molar-refractivity contribution in [1.82, 2.24) is 4.98 Å². The van der Waals surface area contributed by atoms with E-state index >= 15 is 0 Å². The van der Waals surface area contributed by atoms with Crippen molar-refractivity contribution in [3.8, 4) is 11.1 Å². The number of pyridine rings is 1. The smallest absolute Gasteiger partial charge is 0.355 e. The molecule has 0 saturated heterocycles. The Bertz CT molecular complexity index is 1280. The molecule has 4 aromatic rings. The predicted octanol–water partition coefficient (Wildman–Crippen LogP) is 4.93. The van der Waals surface area contributed by atoms with Crippen molar-refractivity contribution in [3.05, 3.63) is 95.2 Å². The largest absolute Gasteiger partial charge is 0.624 e. The van der Waals surface area contributed by atoms with Gasteiger partial charge in [0.05, 0.1) is 6.61 Å². The molecule has 0 aliphatic carbocycles. The molecule has 5 heteroatoms. The highest BCUT2D eigenvalue weighted by molar-refractivity contribution is 7.50. The Labute approximate surface area is 176 Å². The second-order valence-electron chi connectivity index (χ2n) is 6.99. The Kier molecular flexibility index (Phi) is 5.80. The number of hydrogen-bond acceptors (Lipinski definition) is 3. The maximum Gasteiger partial charge on any atom is 0.355 e. The number of rotatable bonds is 4. The van der Waals surface area contributed by atoms with Gasteiger partial charge in [-0.15, -0.1) is 0 Å². The number of carbonyl (C=O) groups excluding carboxylic acids is 1. The first-order chi connectivity index (χ1) is 14.6. The molecule has 4 nitrogen and oxygen atoms in total. The molecule has 0 fully saturated rings. The van der Waals surface area contributed by atoms with Crippen LogP contribution in [0.2, 0.25) is 0 Å². The molecule has 1 atom stereocenters. The Balaban J connectivity index is 2.13. The molecule has 1 unspecified atom stereocenters. The minimum Gasteiger partial charge on any atom is -0.624 e. The van der Waals surface area contributed by atoms with Gasteiger partial charge in [-0.1, -0.05) is 66.2 Å². The van der Waals surface area contributed by atoms with Crippen LogP contribution in [0.4, 0.5) is 0 Å². The van der Waals surface area contributed by atoms with Gasteiger partial charge in [-0.3, -0.25) is 0 Å². The Morgan fingerprint density at radius 2 is 1.57 bits per heavy atom. The first kappa shape index (κ1) is 20.1. The zero-order valence-corrected chi connectivity index (χ0v) is 17.8. The van der Waals surface area contributed by atoms with Crippen molar-refractivity contribution in [3.63, 3.8) is 0 Å². The van der Waals surface area contributed by atoms with Gasteiger partial charge in [0.1, 0.15) is 18.8 Å². The fourth-order valence-electron chi connectivity index (χ4n) is 3.52. The van der Waals surface area contributed by atoms with Crippen LogP contribution in [0.1, 0.15) is 23.0 Å². The normalized spacial score (nSPS) is 12.0. The zero-order valence-electron chi connectivity index (χ0n) is 16.9. The van der Waals surface area contributed by atoms with Crippen LogP contribution in [0.15, 0.2) is 78.9 Å². The highest BCUT2D eigenvalue weighted by Gasteiger charge is 2.21. The number of aryl methyl sites for hydroxylation is 1. The molecular formula is C25H22NO3P. The maximum atomic E-state index is 13.5. The molecule has 0 aliphatic rings. The summed E-state index contributed by atoms with van der Waals surface area (Å²) in [7, 11) is -1.93. The van der Waals surface area contributed by atoms with Gasteiger partial charge in [-0.25, -0.2) is 4.79 Å². The topological polar surface area (TPSA) is 65.2 Å². The molecule has 150 valence electrons. The summed E-state index contributed by atoms with van der Waals surface area (Å²) in [4.78, 5) is 29.6. The number of aromatic amines is 1. The SMILES string of the molecule is CCOC(=O)c1[nH]/c(=[P+](\[O-])c2ccc(C)cc2)c2ccccc2c1-c1ccccc1. The Morgan fingerprint density at radius 1 is 0.933 bits per heavy atom. The van der Waals surface area contributed by atoms with E-state index in [2.05, 4.69) is 4.98 Å². The van der Waals surface area contributed by atoms with E-state index in [1.165, 1.54) is 0 Å². The third kappa shape index (κ3) is 3.80. The van der Waals surface area contributed by atoms with Crippen LogP contribution in [0.5, 0.6) is 0 Å². The van der Waals surface area contributed by atoms with Gasteiger partial charge in [0.2, 0.25) is 5.07 Å². The quantitative estimate of drug-likeness (QED) is 0.380. The standard InChI is InChI=1S/C25H22NO3P/c1-3-29-25(27)23-22(18-9-5-4-6-10-18)20-11-7-8-12-21(20)24(26-23)30(28)19-15-13-17(2)14-16-19/h4-16,26H,3H2,1-2H3. The molecular weight excluding hydrogens is 393 g/mol. The lowest BCUT2D eigenvalue weighted by atomic mass is 9.97. The monoisotopic (exact) mass is 415 g/mol. The minimum atomic E-state index is -1.93. The number of aromatic nitrogens is 1. The van der Waals surface area contributed by atoms with E-state index in [4.69, 9.17) is 4.74 Å². The van der Waals surface area contributed by atoms with Crippen molar-refractivity contribution in [2.45, 2.75) is 13.8 Å². The molecule has 1 N–H and O–H groups in total. The number of carbonyl (C=O) groups is 1. The molecule has 0 amide bonds. The van der Waals surface area contributed by atoms with Crippen LogP contribution in [0.3, 0.4) is 0 Å². The summed E-state index contributed by atoms with van der Waals surface area (Å²) < 4.78 is 5.33. The second-order valence-corrected chi connectivity index (χ2v) is 8.54. The Hall–Kier alpha value is -3.20. The number of ether oxygens (including phenoxy) is 1. The first-order valence-corrected chi connectivity index (χ1v) is 11.1. The third-order valence-electron chi connectivity index (χ3n) is 4.96.